The summed E-state index contributed by atoms with van der Waals surface area (Å²) in [6.07, 6.45) is 4.94. The highest BCUT2D eigenvalue weighted by Crippen LogP contribution is 2.17. The molecule has 0 aliphatic heterocycles. The molecule has 0 fully saturated rings. The normalized spacial score (nSPS) is 15.6. The number of hydrogen-bond donors (Lipinski definition) is 1. The Hall–Kier alpha value is -1.13. The molecular formula is C10H11NO2S. The molecule has 0 atom stereocenters. The summed E-state index contributed by atoms with van der Waals surface area (Å²) in [7, 11) is 0. The summed E-state index contributed by atoms with van der Waals surface area (Å²) >= 11 is 1.23. The zero-order valence-electron chi connectivity index (χ0n) is 7.66. The molecule has 3 nitrogen and oxygen atoms in total. The molecule has 0 heterocycles. The van der Waals surface area contributed by atoms with Crippen molar-refractivity contribution in [3.63, 3.8) is 0 Å². The van der Waals surface area contributed by atoms with Gasteiger partial charge in [-0.1, -0.05) is 24.6 Å². The highest BCUT2D eigenvalue weighted by molar-refractivity contribution is 7.97. The minimum absolute atomic E-state index is 0.477. The Bertz CT molecular complexity index is 342. The second-order valence-electron chi connectivity index (χ2n) is 2.89. The smallest absolute Gasteiger partial charge is 0.226 e. The number of ketones is 2. The van der Waals surface area contributed by atoms with E-state index in [4.69, 9.17) is 5.14 Å². The Morgan fingerprint density at radius 1 is 1.36 bits per heavy atom. The van der Waals surface area contributed by atoms with Crippen molar-refractivity contribution in [2.45, 2.75) is 6.42 Å². The van der Waals surface area contributed by atoms with Crippen molar-refractivity contribution < 1.29 is 9.59 Å². The van der Waals surface area contributed by atoms with E-state index in [9.17, 15) is 9.59 Å². The van der Waals surface area contributed by atoms with Crippen LogP contribution in [0.15, 0.2) is 36.0 Å². The van der Waals surface area contributed by atoms with Crippen LogP contribution in [-0.4, -0.2) is 17.3 Å². The van der Waals surface area contributed by atoms with Crippen molar-refractivity contribution in [2.75, 3.05) is 5.75 Å². The predicted octanol–water partition coefficient (Wildman–Crippen LogP) is 1.17. The average Bonchev–Trinajstić information content (AvgIpc) is 2.18. The summed E-state index contributed by atoms with van der Waals surface area (Å²) in [6.45, 7) is 3.82. The lowest BCUT2D eigenvalue weighted by Gasteiger charge is -2.07. The van der Waals surface area contributed by atoms with Crippen molar-refractivity contribution >= 4 is 23.5 Å². The molecule has 0 saturated carbocycles. The Kier molecular flexibility index (Phi) is 3.85. The zero-order chi connectivity index (χ0) is 10.6. The maximum Gasteiger partial charge on any atom is 0.226 e. The van der Waals surface area contributed by atoms with Crippen LogP contribution in [-0.2, 0) is 9.59 Å². The van der Waals surface area contributed by atoms with Crippen LogP contribution in [0.1, 0.15) is 6.42 Å². The van der Waals surface area contributed by atoms with E-state index in [1.165, 1.54) is 24.1 Å². The predicted molar refractivity (Wildman–Crippen MR) is 57.6 cm³/mol. The van der Waals surface area contributed by atoms with Gasteiger partial charge in [0.15, 0.2) is 0 Å². The van der Waals surface area contributed by atoms with Gasteiger partial charge in [0.2, 0.25) is 11.6 Å². The molecule has 14 heavy (non-hydrogen) atoms. The molecule has 0 radical (unpaired) electrons. The van der Waals surface area contributed by atoms with Gasteiger partial charge in [0.25, 0.3) is 0 Å². The van der Waals surface area contributed by atoms with E-state index in [-0.39, 0.29) is 0 Å². The van der Waals surface area contributed by atoms with Crippen LogP contribution in [0.5, 0.6) is 0 Å². The molecule has 1 rings (SSSR count). The lowest BCUT2D eigenvalue weighted by Crippen LogP contribution is -2.12. The van der Waals surface area contributed by atoms with Gasteiger partial charge in [-0.2, -0.15) is 0 Å². The molecular weight excluding hydrogens is 198 g/mol. The Morgan fingerprint density at radius 2 is 2.07 bits per heavy atom. The summed E-state index contributed by atoms with van der Waals surface area (Å²) in [4.78, 5) is 21.9. The van der Waals surface area contributed by atoms with Crippen LogP contribution in [0.3, 0.4) is 0 Å². The number of rotatable bonds is 4. The molecule has 0 aromatic rings. The van der Waals surface area contributed by atoms with Gasteiger partial charge in [-0.15, -0.1) is 0 Å². The molecule has 74 valence electrons. The van der Waals surface area contributed by atoms with E-state index in [2.05, 4.69) is 6.58 Å². The molecule has 0 unspecified atom stereocenters. The fourth-order valence-electron chi connectivity index (χ4n) is 1.05. The third-order valence-electron chi connectivity index (χ3n) is 1.87. The summed E-state index contributed by atoms with van der Waals surface area (Å²) < 4.78 is 0. The van der Waals surface area contributed by atoms with E-state index >= 15 is 0 Å². The van der Waals surface area contributed by atoms with Gasteiger partial charge in [0, 0.05) is 5.75 Å². The largest absolute Gasteiger partial charge is 0.286 e. The first-order valence-corrected chi connectivity index (χ1v) is 5.18. The third-order valence-corrected chi connectivity index (χ3v) is 2.31. The fourth-order valence-corrected chi connectivity index (χ4v) is 1.42. The van der Waals surface area contributed by atoms with E-state index < -0.39 is 11.6 Å². The van der Waals surface area contributed by atoms with Crippen molar-refractivity contribution in [1.29, 1.82) is 0 Å². The van der Waals surface area contributed by atoms with Gasteiger partial charge in [-0.05, 0) is 29.7 Å². The lowest BCUT2D eigenvalue weighted by molar-refractivity contribution is -0.131. The van der Waals surface area contributed by atoms with Gasteiger partial charge in [0.05, 0.1) is 0 Å². The van der Waals surface area contributed by atoms with E-state index in [0.717, 1.165) is 23.3 Å². The van der Waals surface area contributed by atoms with Crippen LogP contribution in [0.25, 0.3) is 0 Å². The first-order chi connectivity index (χ1) is 6.65. The fraction of sp³-hybridized carbons (Fsp3) is 0.200. The Labute approximate surface area is 86.9 Å². The van der Waals surface area contributed by atoms with Crippen molar-refractivity contribution in [2.24, 2.45) is 5.14 Å². The summed E-state index contributed by atoms with van der Waals surface area (Å²) in [6, 6.07) is 0. The van der Waals surface area contributed by atoms with Crippen LogP contribution in [0, 0.1) is 0 Å². The minimum atomic E-state index is -0.482. The zero-order valence-corrected chi connectivity index (χ0v) is 8.47. The first kappa shape index (κ1) is 10.9. The number of carbonyl (C=O) groups is 2. The van der Waals surface area contributed by atoms with Crippen LogP contribution >= 0.6 is 11.9 Å². The molecule has 0 saturated heterocycles. The highest BCUT2D eigenvalue weighted by atomic mass is 32.2. The quantitative estimate of drug-likeness (QED) is 0.429. The maximum atomic E-state index is 11.0. The molecule has 2 N–H and O–H groups in total. The molecule has 4 heteroatoms. The van der Waals surface area contributed by atoms with Crippen LogP contribution < -0.4 is 5.14 Å². The topological polar surface area (TPSA) is 60.2 Å². The molecule has 0 bridgehead atoms. The number of nitrogens with two attached hydrogens (primary N) is 1. The van der Waals surface area contributed by atoms with Crippen molar-refractivity contribution in [3.05, 3.63) is 36.0 Å². The second kappa shape index (κ2) is 4.93. The monoisotopic (exact) mass is 209 g/mol. The molecule has 1 aliphatic carbocycles. The third kappa shape index (κ3) is 2.68. The van der Waals surface area contributed by atoms with Crippen molar-refractivity contribution in [3.8, 4) is 0 Å². The minimum Gasteiger partial charge on any atom is -0.286 e. The molecule has 1 aliphatic rings. The number of hydrogen-bond acceptors (Lipinski definition) is 4. The molecule has 0 spiro atoms. The second-order valence-corrected chi connectivity index (χ2v) is 3.63. The molecule has 0 aromatic carbocycles. The summed E-state index contributed by atoms with van der Waals surface area (Å²) in [5, 5.41) is 5.27. The standard InChI is InChI=1S/C10H11NO2S/c1-7(4-5-14-11)8-2-3-9(12)10(13)6-8/h2-3,6H,1,4-5,11H2. The van der Waals surface area contributed by atoms with Crippen molar-refractivity contribution in [1.82, 2.24) is 0 Å². The first-order valence-electron chi connectivity index (χ1n) is 4.13. The van der Waals surface area contributed by atoms with E-state index in [1.54, 1.807) is 6.08 Å². The van der Waals surface area contributed by atoms with Gasteiger partial charge in [-0.3, -0.25) is 14.7 Å². The van der Waals surface area contributed by atoms with Gasteiger partial charge in [-0.25, -0.2) is 0 Å². The Morgan fingerprint density at radius 3 is 2.64 bits per heavy atom. The summed E-state index contributed by atoms with van der Waals surface area (Å²) in [5.41, 5.74) is 1.56. The van der Waals surface area contributed by atoms with Gasteiger partial charge < -0.3 is 0 Å². The van der Waals surface area contributed by atoms with Gasteiger partial charge in [0.1, 0.15) is 0 Å². The SMILES string of the molecule is C=C(CCSN)C1=CC(=O)C(=O)C=C1. The van der Waals surface area contributed by atoms with E-state index in [1.807, 2.05) is 0 Å². The number of carbonyl (C=O) groups excluding carboxylic acids is 2. The molecule has 0 amide bonds. The number of allylic oxidation sites excluding steroid dienone is 5. The lowest BCUT2D eigenvalue weighted by atomic mass is 9.98. The van der Waals surface area contributed by atoms with Gasteiger partial charge >= 0.3 is 0 Å². The summed E-state index contributed by atoms with van der Waals surface area (Å²) in [5.74, 6) is -0.203. The molecule has 0 aromatic heterocycles. The van der Waals surface area contributed by atoms with Crippen LogP contribution in [0.4, 0.5) is 0 Å². The Balaban J connectivity index is 2.66. The highest BCUT2D eigenvalue weighted by Gasteiger charge is 2.14. The van der Waals surface area contributed by atoms with Crippen LogP contribution in [0.2, 0.25) is 0 Å². The average molecular weight is 209 g/mol. The van der Waals surface area contributed by atoms with E-state index in [0.29, 0.717) is 0 Å². The maximum absolute atomic E-state index is 11.0.